The summed E-state index contributed by atoms with van der Waals surface area (Å²) >= 11 is 0. The molecular formula is C14H15ClN2O2S. The van der Waals surface area contributed by atoms with Crippen molar-refractivity contribution < 1.29 is 8.42 Å². The maximum atomic E-state index is 11.4. The van der Waals surface area contributed by atoms with Crippen molar-refractivity contribution in [2.45, 2.75) is 12.3 Å². The summed E-state index contributed by atoms with van der Waals surface area (Å²) in [4.78, 5) is 0. The Morgan fingerprint density at radius 2 is 1.85 bits per heavy atom. The van der Waals surface area contributed by atoms with Crippen LogP contribution < -0.4 is 10.0 Å². The maximum Gasteiger partial charge on any atom is 0.237 e. The van der Waals surface area contributed by atoms with Gasteiger partial charge in [0.25, 0.3) is 0 Å². The van der Waals surface area contributed by atoms with E-state index < -0.39 is 10.0 Å². The van der Waals surface area contributed by atoms with E-state index in [1.807, 2.05) is 42.5 Å². The second-order valence-corrected chi connectivity index (χ2v) is 6.29. The van der Waals surface area contributed by atoms with Gasteiger partial charge >= 0.3 is 0 Å². The lowest BCUT2D eigenvalue weighted by Crippen LogP contribution is -2.05. The molecule has 0 aliphatic carbocycles. The number of benzene rings is 2. The van der Waals surface area contributed by atoms with Crippen LogP contribution in [0.4, 0.5) is 11.4 Å². The third-order valence-electron chi connectivity index (χ3n) is 3.06. The number of nitrogens with one attached hydrogen (secondary N) is 2. The molecule has 2 N–H and O–H groups in total. The fourth-order valence-corrected chi connectivity index (χ4v) is 3.39. The van der Waals surface area contributed by atoms with Gasteiger partial charge in [0.15, 0.2) is 0 Å². The van der Waals surface area contributed by atoms with Crippen molar-refractivity contribution in [3.8, 4) is 0 Å². The highest BCUT2D eigenvalue weighted by atomic mass is 35.5. The molecule has 1 aliphatic heterocycles. The van der Waals surface area contributed by atoms with Crippen molar-refractivity contribution >= 4 is 33.8 Å². The molecule has 0 unspecified atom stereocenters. The minimum atomic E-state index is -3.17. The van der Waals surface area contributed by atoms with Crippen molar-refractivity contribution in [1.82, 2.24) is 0 Å². The Morgan fingerprint density at radius 3 is 2.60 bits per heavy atom. The first-order chi connectivity index (χ1) is 9.12. The van der Waals surface area contributed by atoms with Crippen LogP contribution in [0.3, 0.4) is 0 Å². The maximum absolute atomic E-state index is 11.4. The first kappa shape index (κ1) is 14.7. The standard InChI is InChI=1S/C14H14N2O2S.ClH/c17-19(18)10-12-8-13(6-7-14(12)16-19)15-9-11-4-2-1-3-5-11;/h1-8,15-16H,9-10H2;1H. The second-order valence-electron chi connectivity index (χ2n) is 4.57. The van der Waals surface area contributed by atoms with Crippen LogP contribution in [-0.4, -0.2) is 8.42 Å². The Hall–Kier alpha value is -1.72. The van der Waals surface area contributed by atoms with Crippen molar-refractivity contribution in [1.29, 1.82) is 0 Å². The van der Waals surface area contributed by atoms with E-state index in [1.165, 1.54) is 5.56 Å². The monoisotopic (exact) mass is 310 g/mol. The SMILES string of the molecule is Cl.O=S1(=O)Cc2cc(NCc3ccccc3)ccc2N1. The molecule has 0 radical (unpaired) electrons. The Morgan fingerprint density at radius 1 is 1.10 bits per heavy atom. The molecule has 2 aromatic carbocycles. The number of hydrogen-bond acceptors (Lipinski definition) is 3. The van der Waals surface area contributed by atoms with E-state index in [-0.39, 0.29) is 18.2 Å². The molecule has 0 spiro atoms. The molecule has 0 amide bonds. The molecule has 2 aromatic rings. The minimum absolute atomic E-state index is 0. The summed E-state index contributed by atoms with van der Waals surface area (Å²) in [6, 6.07) is 15.6. The molecule has 0 aromatic heterocycles. The third kappa shape index (κ3) is 3.23. The highest BCUT2D eigenvalue weighted by molar-refractivity contribution is 7.92. The number of hydrogen-bond donors (Lipinski definition) is 2. The van der Waals surface area contributed by atoms with Gasteiger partial charge in [-0.2, -0.15) is 0 Å². The zero-order valence-electron chi connectivity index (χ0n) is 10.7. The molecule has 0 fully saturated rings. The number of halogens is 1. The van der Waals surface area contributed by atoms with Gasteiger partial charge in [0, 0.05) is 12.2 Å². The van der Waals surface area contributed by atoms with Gasteiger partial charge in [-0.15, -0.1) is 12.4 Å². The third-order valence-corrected chi connectivity index (χ3v) is 4.28. The summed E-state index contributed by atoms with van der Waals surface area (Å²) < 4.78 is 25.4. The topological polar surface area (TPSA) is 58.2 Å². The molecule has 1 heterocycles. The first-order valence-electron chi connectivity index (χ1n) is 6.04. The summed E-state index contributed by atoms with van der Waals surface area (Å²) in [6.45, 7) is 0.722. The Bertz CT molecular complexity index is 702. The van der Waals surface area contributed by atoms with Crippen LogP contribution >= 0.6 is 12.4 Å². The van der Waals surface area contributed by atoms with E-state index in [2.05, 4.69) is 10.0 Å². The lowest BCUT2D eigenvalue weighted by atomic mass is 10.1. The van der Waals surface area contributed by atoms with Gasteiger partial charge in [-0.05, 0) is 29.3 Å². The zero-order valence-corrected chi connectivity index (χ0v) is 12.3. The summed E-state index contributed by atoms with van der Waals surface area (Å²) in [7, 11) is -3.17. The van der Waals surface area contributed by atoms with Crippen molar-refractivity contribution in [2.24, 2.45) is 0 Å². The quantitative estimate of drug-likeness (QED) is 0.916. The Kier molecular flexibility index (Phi) is 4.20. The summed E-state index contributed by atoms with van der Waals surface area (Å²) in [5, 5.41) is 3.30. The number of rotatable bonds is 3. The Balaban J connectivity index is 0.00000147. The second kappa shape index (κ2) is 5.73. The molecule has 106 valence electrons. The fourth-order valence-electron chi connectivity index (χ4n) is 2.13. The number of fused-ring (bicyclic) bond motifs is 1. The molecular weight excluding hydrogens is 296 g/mol. The van der Waals surface area contributed by atoms with E-state index >= 15 is 0 Å². The summed E-state index contributed by atoms with van der Waals surface area (Å²) in [5.41, 5.74) is 3.62. The molecule has 1 aliphatic rings. The lowest BCUT2D eigenvalue weighted by molar-refractivity contribution is 0.602. The zero-order chi connectivity index (χ0) is 13.3. The van der Waals surface area contributed by atoms with Gasteiger partial charge < -0.3 is 5.32 Å². The molecule has 0 bridgehead atoms. The predicted molar refractivity (Wildman–Crippen MR) is 83.7 cm³/mol. The molecule has 0 atom stereocenters. The number of sulfonamides is 1. The molecule has 20 heavy (non-hydrogen) atoms. The van der Waals surface area contributed by atoms with Crippen molar-refractivity contribution in [3.05, 3.63) is 59.7 Å². The largest absolute Gasteiger partial charge is 0.381 e. The van der Waals surface area contributed by atoms with E-state index in [4.69, 9.17) is 0 Å². The van der Waals surface area contributed by atoms with Gasteiger partial charge in [0.2, 0.25) is 10.0 Å². The smallest absolute Gasteiger partial charge is 0.237 e. The van der Waals surface area contributed by atoms with Gasteiger partial charge in [0.05, 0.1) is 11.4 Å². The van der Waals surface area contributed by atoms with Crippen LogP contribution in [0, 0.1) is 0 Å². The van der Waals surface area contributed by atoms with Gasteiger partial charge in [-0.3, -0.25) is 4.72 Å². The normalized spacial score (nSPS) is 14.8. The van der Waals surface area contributed by atoms with Crippen LogP contribution in [0.5, 0.6) is 0 Å². The lowest BCUT2D eigenvalue weighted by Gasteiger charge is -2.07. The van der Waals surface area contributed by atoms with E-state index in [0.29, 0.717) is 5.69 Å². The van der Waals surface area contributed by atoms with E-state index in [9.17, 15) is 8.42 Å². The minimum Gasteiger partial charge on any atom is -0.381 e. The van der Waals surface area contributed by atoms with Gasteiger partial charge in [-0.1, -0.05) is 30.3 Å². The van der Waals surface area contributed by atoms with Crippen LogP contribution in [0.2, 0.25) is 0 Å². The Labute approximate surface area is 124 Å². The molecule has 0 saturated carbocycles. The van der Waals surface area contributed by atoms with E-state index in [1.54, 1.807) is 6.07 Å². The van der Waals surface area contributed by atoms with Crippen LogP contribution in [-0.2, 0) is 22.3 Å². The number of anilines is 2. The van der Waals surface area contributed by atoms with Crippen molar-refractivity contribution in [3.63, 3.8) is 0 Å². The fraction of sp³-hybridized carbons (Fsp3) is 0.143. The van der Waals surface area contributed by atoms with Crippen LogP contribution in [0.25, 0.3) is 0 Å². The molecule has 0 saturated heterocycles. The summed E-state index contributed by atoms with van der Waals surface area (Å²) in [5.74, 6) is 0.0587. The average Bonchev–Trinajstić information content (AvgIpc) is 2.70. The first-order valence-corrected chi connectivity index (χ1v) is 7.69. The van der Waals surface area contributed by atoms with Gasteiger partial charge in [-0.25, -0.2) is 8.42 Å². The molecule has 4 nitrogen and oxygen atoms in total. The van der Waals surface area contributed by atoms with Gasteiger partial charge in [0.1, 0.15) is 0 Å². The van der Waals surface area contributed by atoms with E-state index in [0.717, 1.165) is 17.8 Å². The highest BCUT2D eigenvalue weighted by Crippen LogP contribution is 2.29. The molecule has 6 heteroatoms. The van der Waals surface area contributed by atoms with Crippen LogP contribution in [0.15, 0.2) is 48.5 Å². The van der Waals surface area contributed by atoms with Crippen molar-refractivity contribution in [2.75, 3.05) is 10.0 Å². The highest BCUT2D eigenvalue weighted by Gasteiger charge is 2.23. The molecule has 3 rings (SSSR count). The predicted octanol–water partition coefficient (Wildman–Crippen LogP) is 2.98. The average molecular weight is 311 g/mol. The van der Waals surface area contributed by atoms with Crippen LogP contribution in [0.1, 0.15) is 11.1 Å². The summed E-state index contributed by atoms with van der Waals surface area (Å²) in [6.07, 6.45) is 0.